The van der Waals surface area contributed by atoms with E-state index >= 15 is 0 Å². The molecule has 1 atom stereocenters. The summed E-state index contributed by atoms with van der Waals surface area (Å²) in [6.45, 7) is 3.59. The van der Waals surface area contributed by atoms with Gasteiger partial charge in [0.1, 0.15) is 6.61 Å². The molecule has 0 saturated heterocycles. The first kappa shape index (κ1) is 23.3. The molecule has 4 N–H and O–H groups in total. The van der Waals surface area contributed by atoms with Crippen molar-refractivity contribution in [3.05, 3.63) is 59.7 Å². The van der Waals surface area contributed by atoms with E-state index < -0.39 is 23.7 Å². The number of aliphatic carboxylic acids is 1. The number of rotatable bonds is 9. The molecule has 170 valence electrons. The molecule has 0 saturated carbocycles. The zero-order valence-corrected chi connectivity index (χ0v) is 18.1. The Labute approximate surface area is 186 Å². The van der Waals surface area contributed by atoms with Crippen LogP contribution in [0.1, 0.15) is 43.7 Å². The predicted octanol–water partition coefficient (Wildman–Crippen LogP) is 2.65. The van der Waals surface area contributed by atoms with E-state index in [9.17, 15) is 19.5 Å². The molecule has 0 aromatic heterocycles. The lowest BCUT2D eigenvalue weighted by Gasteiger charge is -2.26. The van der Waals surface area contributed by atoms with Crippen molar-refractivity contribution >= 4 is 18.0 Å². The predicted molar refractivity (Wildman–Crippen MR) is 118 cm³/mol. The SMILES string of the molecule is CC(C)(CC(=O)NCC[C@H](O)C(=O)O)NC(=O)OCC1c2ccccc2-c2ccccc21. The maximum Gasteiger partial charge on any atom is 0.407 e. The van der Waals surface area contributed by atoms with Gasteiger partial charge in [0, 0.05) is 30.8 Å². The molecule has 0 fully saturated rings. The highest BCUT2D eigenvalue weighted by molar-refractivity contribution is 5.80. The van der Waals surface area contributed by atoms with E-state index in [2.05, 4.69) is 22.8 Å². The highest BCUT2D eigenvalue weighted by Gasteiger charge is 2.30. The summed E-state index contributed by atoms with van der Waals surface area (Å²) in [4.78, 5) is 35.1. The third-order valence-electron chi connectivity index (χ3n) is 5.41. The van der Waals surface area contributed by atoms with Gasteiger partial charge < -0.3 is 25.6 Å². The lowest BCUT2D eigenvalue weighted by atomic mass is 9.98. The molecule has 32 heavy (non-hydrogen) atoms. The van der Waals surface area contributed by atoms with Crippen LogP contribution in [0.15, 0.2) is 48.5 Å². The summed E-state index contributed by atoms with van der Waals surface area (Å²) in [5.74, 6) is -1.76. The van der Waals surface area contributed by atoms with Gasteiger partial charge in [0.05, 0.1) is 0 Å². The summed E-state index contributed by atoms with van der Waals surface area (Å²) < 4.78 is 5.52. The minimum atomic E-state index is -1.53. The third kappa shape index (κ3) is 5.64. The van der Waals surface area contributed by atoms with Crippen molar-refractivity contribution in [3.63, 3.8) is 0 Å². The van der Waals surface area contributed by atoms with Crippen LogP contribution in [-0.4, -0.2) is 53.0 Å². The summed E-state index contributed by atoms with van der Waals surface area (Å²) in [6.07, 6.45) is -2.27. The molecule has 8 heteroatoms. The standard InChI is InChI=1S/C24H28N2O6/c1-24(2,13-21(28)25-12-11-20(27)22(29)30)26-23(31)32-14-19-17-9-5-3-7-15(17)16-8-4-6-10-18(16)19/h3-10,19-20,27H,11-14H2,1-2H3,(H,25,28)(H,26,31)(H,29,30)/t20-/m0/s1. The van der Waals surface area contributed by atoms with Gasteiger partial charge in [-0.15, -0.1) is 0 Å². The van der Waals surface area contributed by atoms with Crippen molar-refractivity contribution in [2.24, 2.45) is 0 Å². The number of hydrogen-bond donors (Lipinski definition) is 4. The Balaban J connectivity index is 1.51. The summed E-state index contributed by atoms with van der Waals surface area (Å²) in [5.41, 5.74) is 3.63. The number of carboxylic acid groups (broad SMARTS) is 1. The number of carbonyl (C=O) groups is 3. The molecule has 0 unspecified atom stereocenters. The number of nitrogens with one attached hydrogen (secondary N) is 2. The molecule has 0 aliphatic heterocycles. The van der Waals surface area contributed by atoms with Gasteiger partial charge in [-0.05, 0) is 36.1 Å². The molecule has 0 bridgehead atoms. The van der Waals surface area contributed by atoms with Crippen LogP contribution in [0, 0.1) is 0 Å². The molecule has 0 heterocycles. The Morgan fingerprint density at radius 2 is 1.59 bits per heavy atom. The van der Waals surface area contributed by atoms with Crippen molar-refractivity contribution < 1.29 is 29.3 Å². The zero-order chi connectivity index (χ0) is 23.3. The Hall–Kier alpha value is -3.39. The van der Waals surface area contributed by atoms with Crippen LogP contribution in [0.2, 0.25) is 0 Å². The molecule has 8 nitrogen and oxygen atoms in total. The molecule has 1 aliphatic carbocycles. The minimum Gasteiger partial charge on any atom is -0.479 e. The number of hydrogen-bond acceptors (Lipinski definition) is 5. The fourth-order valence-electron chi connectivity index (χ4n) is 3.89. The van der Waals surface area contributed by atoms with E-state index in [1.807, 2.05) is 36.4 Å². The summed E-state index contributed by atoms with van der Waals surface area (Å²) >= 11 is 0. The first-order valence-electron chi connectivity index (χ1n) is 10.5. The zero-order valence-electron chi connectivity index (χ0n) is 18.1. The van der Waals surface area contributed by atoms with Crippen LogP contribution in [0.25, 0.3) is 11.1 Å². The molecule has 2 amide bonds. The van der Waals surface area contributed by atoms with E-state index in [0.717, 1.165) is 22.3 Å². The number of carboxylic acids is 1. The number of aliphatic hydroxyl groups is 1. The largest absolute Gasteiger partial charge is 0.479 e. The van der Waals surface area contributed by atoms with Crippen LogP contribution in [0.5, 0.6) is 0 Å². The Bertz CT molecular complexity index is 958. The molecular weight excluding hydrogens is 412 g/mol. The van der Waals surface area contributed by atoms with E-state index in [1.54, 1.807) is 13.8 Å². The van der Waals surface area contributed by atoms with Gasteiger partial charge in [0.2, 0.25) is 5.91 Å². The smallest absolute Gasteiger partial charge is 0.407 e. The molecule has 0 radical (unpaired) electrons. The lowest BCUT2D eigenvalue weighted by molar-refractivity contribution is -0.147. The van der Waals surface area contributed by atoms with Crippen molar-refractivity contribution in [1.82, 2.24) is 10.6 Å². The first-order valence-corrected chi connectivity index (χ1v) is 10.5. The fraction of sp³-hybridized carbons (Fsp3) is 0.375. The number of alkyl carbamates (subject to hydrolysis) is 1. The second kappa shape index (κ2) is 9.82. The van der Waals surface area contributed by atoms with Crippen LogP contribution in [0.4, 0.5) is 4.79 Å². The van der Waals surface area contributed by atoms with Gasteiger partial charge in [-0.1, -0.05) is 48.5 Å². The Morgan fingerprint density at radius 3 is 2.16 bits per heavy atom. The van der Waals surface area contributed by atoms with E-state index in [-0.39, 0.29) is 37.8 Å². The lowest BCUT2D eigenvalue weighted by Crippen LogP contribution is -2.47. The second-order valence-electron chi connectivity index (χ2n) is 8.50. The van der Waals surface area contributed by atoms with E-state index in [1.165, 1.54) is 0 Å². The van der Waals surface area contributed by atoms with Crippen molar-refractivity contribution in [3.8, 4) is 11.1 Å². The third-order valence-corrected chi connectivity index (χ3v) is 5.41. The minimum absolute atomic E-state index is 0.0212. The monoisotopic (exact) mass is 440 g/mol. The molecule has 3 rings (SSSR count). The van der Waals surface area contributed by atoms with Crippen molar-refractivity contribution in [1.29, 1.82) is 0 Å². The summed E-state index contributed by atoms with van der Waals surface area (Å²) in [6, 6.07) is 16.1. The second-order valence-corrected chi connectivity index (χ2v) is 8.50. The number of fused-ring (bicyclic) bond motifs is 3. The number of carbonyl (C=O) groups excluding carboxylic acids is 2. The normalized spacial score (nSPS) is 13.6. The topological polar surface area (TPSA) is 125 Å². The Kier molecular flexibility index (Phi) is 7.15. The fourth-order valence-corrected chi connectivity index (χ4v) is 3.89. The average Bonchev–Trinajstić information content (AvgIpc) is 3.05. The van der Waals surface area contributed by atoms with Crippen molar-refractivity contribution in [2.75, 3.05) is 13.2 Å². The molecular formula is C24H28N2O6. The van der Waals surface area contributed by atoms with E-state index in [0.29, 0.717) is 0 Å². The van der Waals surface area contributed by atoms with Gasteiger partial charge in [-0.3, -0.25) is 4.79 Å². The molecule has 1 aliphatic rings. The number of benzene rings is 2. The average molecular weight is 440 g/mol. The summed E-state index contributed by atoms with van der Waals surface area (Å²) in [7, 11) is 0. The quantitative estimate of drug-likeness (QED) is 0.475. The molecule has 2 aromatic carbocycles. The molecule has 0 spiro atoms. The highest BCUT2D eigenvalue weighted by atomic mass is 16.5. The summed E-state index contributed by atoms with van der Waals surface area (Å²) in [5, 5.41) is 23.1. The van der Waals surface area contributed by atoms with Crippen LogP contribution in [0.3, 0.4) is 0 Å². The number of amides is 2. The maximum atomic E-state index is 12.4. The Morgan fingerprint density at radius 1 is 1.03 bits per heavy atom. The maximum absolute atomic E-state index is 12.4. The van der Waals surface area contributed by atoms with E-state index in [4.69, 9.17) is 9.84 Å². The van der Waals surface area contributed by atoms with Crippen LogP contribution < -0.4 is 10.6 Å². The molecule has 2 aromatic rings. The van der Waals surface area contributed by atoms with Gasteiger partial charge >= 0.3 is 12.1 Å². The van der Waals surface area contributed by atoms with Gasteiger partial charge in [0.25, 0.3) is 0 Å². The first-order chi connectivity index (χ1) is 15.2. The highest BCUT2D eigenvalue weighted by Crippen LogP contribution is 2.44. The van der Waals surface area contributed by atoms with Crippen molar-refractivity contribution in [2.45, 2.75) is 44.2 Å². The van der Waals surface area contributed by atoms with Crippen LogP contribution >= 0.6 is 0 Å². The van der Waals surface area contributed by atoms with Crippen LogP contribution in [-0.2, 0) is 14.3 Å². The number of aliphatic hydroxyl groups excluding tert-OH is 1. The van der Waals surface area contributed by atoms with Gasteiger partial charge in [-0.25, -0.2) is 9.59 Å². The van der Waals surface area contributed by atoms with Gasteiger partial charge in [-0.2, -0.15) is 0 Å². The van der Waals surface area contributed by atoms with Gasteiger partial charge in [0.15, 0.2) is 6.10 Å². The number of ether oxygens (including phenoxy) is 1.